The zero-order valence-corrected chi connectivity index (χ0v) is 18.1. The lowest BCUT2D eigenvalue weighted by Crippen LogP contribution is -2.59. The lowest BCUT2D eigenvalue weighted by atomic mass is 9.51. The minimum Gasteiger partial charge on any atom is -0.414 e. The molecule has 1 spiro atoms. The van der Waals surface area contributed by atoms with Crippen molar-refractivity contribution in [3.8, 4) is 0 Å². The molecular formula is C21H36O3Si. The normalized spacial score (nSPS) is 45.3. The van der Waals surface area contributed by atoms with E-state index in [9.17, 15) is 0 Å². The molecule has 0 aromatic heterocycles. The van der Waals surface area contributed by atoms with Crippen molar-refractivity contribution in [1.82, 2.24) is 0 Å². The highest BCUT2D eigenvalue weighted by atomic mass is 28.4. The summed E-state index contributed by atoms with van der Waals surface area (Å²) in [6.07, 6.45) is 10.6. The summed E-state index contributed by atoms with van der Waals surface area (Å²) in [4.78, 5) is 0. The van der Waals surface area contributed by atoms with Crippen LogP contribution in [0.5, 0.6) is 0 Å². The maximum Gasteiger partial charge on any atom is 0.192 e. The molecule has 4 heteroatoms. The van der Waals surface area contributed by atoms with Crippen LogP contribution in [0.2, 0.25) is 18.1 Å². The SMILES string of the molecule is CC1(C)O[C@H]2[C@@H]3C=C[C@]4(CC[C@H](O[Si](C)(C)C(C)(C)C)CC4C3)[C@H]2O1. The number of rotatable bonds is 2. The highest BCUT2D eigenvalue weighted by Gasteiger charge is 2.63. The predicted octanol–water partition coefficient (Wildman–Crippen LogP) is 5.27. The van der Waals surface area contributed by atoms with Gasteiger partial charge in [-0.05, 0) is 63.6 Å². The average Bonchev–Trinajstić information content (AvgIpc) is 2.82. The van der Waals surface area contributed by atoms with Crippen LogP contribution in [-0.2, 0) is 13.9 Å². The quantitative estimate of drug-likeness (QED) is 0.493. The first-order valence-corrected chi connectivity index (χ1v) is 13.1. The second kappa shape index (κ2) is 5.43. The van der Waals surface area contributed by atoms with E-state index in [1.807, 2.05) is 0 Å². The standard InChI is InChI=1S/C21H36O3Si/c1-19(2,3)25(6,7)24-16-9-11-21-10-8-14(12-15(21)13-16)17-18(21)23-20(4,5)22-17/h8,10,14-18H,9,11-13H2,1-7H3/t14-,15?,16+,17+,18+,21-/m1/s1. The van der Waals surface area contributed by atoms with E-state index in [0.717, 1.165) is 6.42 Å². The lowest BCUT2D eigenvalue weighted by Gasteiger charge is -2.57. The van der Waals surface area contributed by atoms with Gasteiger partial charge in [-0.3, -0.25) is 0 Å². The van der Waals surface area contributed by atoms with Crippen LogP contribution in [0.15, 0.2) is 12.2 Å². The highest BCUT2D eigenvalue weighted by Crippen LogP contribution is 2.61. The van der Waals surface area contributed by atoms with Gasteiger partial charge < -0.3 is 13.9 Å². The van der Waals surface area contributed by atoms with Gasteiger partial charge in [0.1, 0.15) is 0 Å². The van der Waals surface area contributed by atoms with E-state index in [2.05, 4.69) is 59.9 Å². The van der Waals surface area contributed by atoms with E-state index >= 15 is 0 Å². The van der Waals surface area contributed by atoms with Crippen LogP contribution in [0.4, 0.5) is 0 Å². The Morgan fingerprint density at radius 2 is 1.84 bits per heavy atom. The summed E-state index contributed by atoms with van der Waals surface area (Å²) in [5, 5.41) is 0.283. The second-order valence-corrected chi connectivity index (χ2v) is 15.6. The van der Waals surface area contributed by atoms with Gasteiger partial charge in [-0.25, -0.2) is 0 Å². The van der Waals surface area contributed by atoms with Gasteiger partial charge >= 0.3 is 0 Å². The maximum atomic E-state index is 6.79. The molecule has 25 heavy (non-hydrogen) atoms. The summed E-state index contributed by atoms with van der Waals surface area (Å²) in [6.45, 7) is 15.9. The van der Waals surface area contributed by atoms with Gasteiger partial charge in [0.15, 0.2) is 14.1 Å². The van der Waals surface area contributed by atoms with Gasteiger partial charge in [0, 0.05) is 17.4 Å². The Kier molecular flexibility index (Phi) is 3.96. The van der Waals surface area contributed by atoms with Crippen molar-refractivity contribution in [2.75, 3.05) is 0 Å². The van der Waals surface area contributed by atoms with Crippen LogP contribution in [-0.4, -0.2) is 32.4 Å². The summed E-state index contributed by atoms with van der Waals surface area (Å²) >= 11 is 0. The lowest BCUT2D eigenvalue weighted by molar-refractivity contribution is -0.159. The minimum absolute atomic E-state index is 0.181. The molecule has 6 atom stereocenters. The molecule has 0 N–H and O–H groups in total. The Bertz CT molecular complexity index is 576. The number of hydrogen-bond acceptors (Lipinski definition) is 3. The zero-order chi connectivity index (χ0) is 18.3. The topological polar surface area (TPSA) is 27.7 Å². The molecule has 2 saturated carbocycles. The van der Waals surface area contributed by atoms with Gasteiger partial charge in [0.05, 0.1) is 12.2 Å². The molecule has 1 unspecified atom stereocenters. The molecule has 5 rings (SSSR count). The molecule has 142 valence electrons. The molecule has 3 nitrogen and oxygen atoms in total. The van der Waals surface area contributed by atoms with Gasteiger partial charge in [0.2, 0.25) is 0 Å². The van der Waals surface area contributed by atoms with Gasteiger partial charge in [-0.2, -0.15) is 0 Å². The summed E-state index contributed by atoms with van der Waals surface area (Å²) in [5.74, 6) is 0.769. The Hall–Kier alpha value is -0.163. The van der Waals surface area contributed by atoms with E-state index in [1.54, 1.807) is 0 Å². The van der Waals surface area contributed by atoms with Crippen molar-refractivity contribution in [3.05, 3.63) is 12.2 Å². The predicted molar refractivity (Wildman–Crippen MR) is 103 cm³/mol. The third-order valence-electron chi connectivity index (χ3n) is 7.77. The minimum atomic E-state index is -1.70. The average molecular weight is 365 g/mol. The summed E-state index contributed by atoms with van der Waals surface area (Å²) in [5.41, 5.74) is 0.181. The van der Waals surface area contributed by atoms with E-state index in [-0.39, 0.29) is 22.7 Å². The van der Waals surface area contributed by atoms with Crippen molar-refractivity contribution >= 4 is 8.32 Å². The second-order valence-electron chi connectivity index (χ2n) is 10.9. The van der Waals surface area contributed by atoms with Crippen molar-refractivity contribution in [3.63, 3.8) is 0 Å². The third-order valence-corrected chi connectivity index (χ3v) is 12.3. The van der Waals surface area contributed by atoms with Crippen LogP contribution in [0.25, 0.3) is 0 Å². The molecule has 4 aliphatic carbocycles. The summed E-state index contributed by atoms with van der Waals surface area (Å²) in [6, 6.07) is 0. The van der Waals surface area contributed by atoms with Crippen LogP contribution in [0, 0.1) is 17.3 Å². The number of hydrogen-bond donors (Lipinski definition) is 0. The first-order valence-electron chi connectivity index (χ1n) is 10.2. The molecule has 0 aromatic carbocycles. The molecule has 0 aromatic rings. The molecule has 5 aliphatic rings. The monoisotopic (exact) mass is 364 g/mol. The van der Waals surface area contributed by atoms with E-state index in [1.165, 1.54) is 19.3 Å². The van der Waals surface area contributed by atoms with Crippen LogP contribution >= 0.6 is 0 Å². The first kappa shape index (κ1) is 18.2. The molecule has 0 amide bonds. The van der Waals surface area contributed by atoms with Crippen molar-refractivity contribution in [1.29, 1.82) is 0 Å². The molecule has 1 saturated heterocycles. The molecule has 3 fully saturated rings. The van der Waals surface area contributed by atoms with E-state index < -0.39 is 14.1 Å². The van der Waals surface area contributed by atoms with E-state index in [0.29, 0.717) is 17.9 Å². The smallest absolute Gasteiger partial charge is 0.192 e. The molecule has 1 aliphatic heterocycles. The fourth-order valence-corrected chi connectivity index (χ4v) is 6.85. The molecular weight excluding hydrogens is 328 g/mol. The van der Waals surface area contributed by atoms with Crippen molar-refractivity contribution in [2.24, 2.45) is 17.3 Å². The fourth-order valence-electron chi connectivity index (χ4n) is 5.45. The van der Waals surface area contributed by atoms with Gasteiger partial charge in [-0.1, -0.05) is 32.9 Å². The molecule has 2 bridgehead atoms. The van der Waals surface area contributed by atoms with Crippen LogP contribution in [0.3, 0.4) is 0 Å². The Morgan fingerprint density at radius 3 is 2.52 bits per heavy atom. The molecule has 1 heterocycles. The largest absolute Gasteiger partial charge is 0.414 e. The number of ether oxygens (including phenoxy) is 2. The van der Waals surface area contributed by atoms with E-state index in [4.69, 9.17) is 13.9 Å². The third kappa shape index (κ3) is 2.79. The maximum absolute atomic E-state index is 6.79. The Balaban J connectivity index is 1.52. The van der Waals surface area contributed by atoms with Crippen molar-refractivity contribution < 1.29 is 13.9 Å². The molecule has 0 radical (unpaired) electrons. The summed E-state index contributed by atoms with van der Waals surface area (Å²) < 4.78 is 19.5. The van der Waals surface area contributed by atoms with Gasteiger partial charge in [-0.15, -0.1) is 0 Å². The highest BCUT2D eigenvalue weighted by molar-refractivity contribution is 6.74. The Morgan fingerprint density at radius 1 is 1.12 bits per heavy atom. The van der Waals surface area contributed by atoms with Crippen LogP contribution in [0.1, 0.15) is 60.3 Å². The summed E-state index contributed by atoms with van der Waals surface area (Å²) in [7, 11) is -1.70. The Labute approximate surface area is 154 Å². The zero-order valence-electron chi connectivity index (χ0n) is 17.1. The van der Waals surface area contributed by atoms with Crippen molar-refractivity contribution in [2.45, 2.75) is 103 Å². The van der Waals surface area contributed by atoms with Gasteiger partial charge in [0.25, 0.3) is 0 Å². The first-order chi connectivity index (χ1) is 11.4. The van der Waals surface area contributed by atoms with Crippen LogP contribution < -0.4 is 0 Å². The fraction of sp³-hybridized carbons (Fsp3) is 0.905.